The second-order valence-electron chi connectivity index (χ2n) is 7.30. The van der Waals surface area contributed by atoms with Crippen molar-refractivity contribution in [1.29, 1.82) is 0 Å². The van der Waals surface area contributed by atoms with Crippen molar-refractivity contribution in [3.8, 4) is 0 Å². The van der Waals surface area contributed by atoms with E-state index < -0.39 is 11.1 Å². The van der Waals surface area contributed by atoms with Crippen LogP contribution in [0.25, 0.3) is 5.70 Å². The van der Waals surface area contributed by atoms with Gasteiger partial charge in [0.1, 0.15) is 5.70 Å². The minimum absolute atomic E-state index is 0.0510. The molecule has 2 aliphatic heterocycles. The molecular formula is C22H23N5O3S. The number of fused-ring (bicyclic) bond motifs is 2. The molecule has 1 amide bonds. The van der Waals surface area contributed by atoms with Crippen molar-refractivity contribution in [2.45, 2.75) is 38.8 Å². The van der Waals surface area contributed by atoms with E-state index in [9.17, 15) is 14.9 Å². The standard InChI is InChI=1S/C22H23N5O3S/c1-2-3-4-9-14-31-22-24-21(28)19-15-10-5-7-12-17(15)23-20(26(19)25-22)16-11-6-8-13-18(16)27(29)30/h5-8,10-13,20H,2-4,9,14H2,1H3,(H,24,25,28). The first-order chi connectivity index (χ1) is 15.1. The van der Waals surface area contributed by atoms with E-state index in [1.807, 2.05) is 18.2 Å². The topological polar surface area (TPSA) is 100 Å². The highest BCUT2D eigenvalue weighted by molar-refractivity contribution is 8.13. The first-order valence-corrected chi connectivity index (χ1v) is 11.3. The third-order valence-corrected chi connectivity index (χ3v) is 6.11. The summed E-state index contributed by atoms with van der Waals surface area (Å²) in [6, 6.07) is 13.7. The van der Waals surface area contributed by atoms with E-state index in [0.717, 1.165) is 25.0 Å². The molecule has 0 saturated heterocycles. The Kier molecular flexibility index (Phi) is 6.31. The second-order valence-corrected chi connectivity index (χ2v) is 8.38. The Bertz CT molecular complexity index is 1160. The largest absolute Gasteiger partial charge is 0.298 e. The summed E-state index contributed by atoms with van der Waals surface area (Å²) in [5.41, 5.74) is 0.694. The molecule has 0 radical (unpaired) electrons. The maximum atomic E-state index is 13.1. The van der Waals surface area contributed by atoms with Gasteiger partial charge in [0.05, 0.1) is 15.8 Å². The van der Waals surface area contributed by atoms with Crippen LogP contribution in [0.4, 0.5) is 5.69 Å². The molecule has 9 heteroatoms. The highest BCUT2D eigenvalue weighted by atomic mass is 32.2. The third kappa shape index (κ3) is 4.32. The van der Waals surface area contributed by atoms with Crippen LogP contribution in [0.1, 0.15) is 44.3 Å². The highest BCUT2D eigenvalue weighted by Gasteiger charge is 2.36. The van der Waals surface area contributed by atoms with E-state index in [0.29, 0.717) is 27.0 Å². The van der Waals surface area contributed by atoms with E-state index in [1.165, 1.54) is 29.3 Å². The van der Waals surface area contributed by atoms with Crippen molar-refractivity contribution in [1.82, 2.24) is 10.3 Å². The number of nitro benzene ring substituents is 1. The number of para-hydroxylation sites is 2. The summed E-state index contributed by atoms with van der Waals surface area (Å²) in [7, 11) is 0. The molecule has 1 atom stereocenters. The minimum atomic E-state index is -0.798. The highest BCUT2D eigenvalue weighted by Crippen LogP contribution is 2.35. The number of thioether (sulfide) groups is 1. The van der Waals surface area contributed by atoms with Crippen LogP contribution < -0.4 is 15.9 Å². The number of unbranched alkanes of at least 4 members (excludes halogenated alkanes) is 3. The van der Waals surface area contributed by atoms with Crippen molar-refractivity contribution in [2.75, 3.05) is 5.75 Å². The summed E-state index contributed by atoms with van der Waals surface area (Å²) in [5, 5.41) is 22.5. The number of amides is 1. The van der Waals surface area contributed by atoms with Crippen LogP contribution >= 0.6 is 11.8 Å². The van der Waals surface area contributed by atoms with Gasteiger partial charge in [0.15, 0.2) is 11.3 Å². The molecule has 0 aliphatic carbocycles. The minimum Gasteiger partial charge on any atom is -0.298 e. The van der Waals surface area contributed by atoms with Gasteiger partial charge in [0.25, 0.3) is 11.6 Å². The summed E-state index contributed by atoms with van der Waals surface area (Å²) >= 11 is 1.48. The van der Waals surface area contributed by atoms with E-state index in [4.69, 9.17) is 4.99 Å². The number of amidine groups is 1. The Morgan fingerprint density at radius 2 is 1.90 bits per heavy atom. The van der Waals surface area contributed by atoms with Crippen molar-refractivity contribution >= 4 is 34.2 Å². The summed E-state index contributed by atoms with van der Waals surface area (Å²) in [5.74, 6) is 0.559. The lowest BCUT2D eigenvalue weighted by atomic mass is 10.1. The van der Waals surface area contributed by atoms with Gasteiger partial charge in [-0.15, -0.1) is 5.10 Å². The maximum absolute atomic E-state index is 13.1. The van der Waals surface area contributed by atoms with Gasteiger partial charge < -0.3 is 0 Å². The molecule has 0 bridgehead atoms. The zero-order valence-electron chi connectivity index (χ0n) is 17.2. The van der Waals surface area contributed by atoms with Gasteiger partial charge >= 0.3 is 0 Å². The number of nitrogens with one attached hydrogen (secondary N) is 1. The van der Waals surface area contributed by atoms with E-state index in [1.54, 1.807) is 24.3 Å². The summed E-state index contributed by atoms with van der Waals surface area (Å²) in [6.45, 7) is 2.16. The zero-order valence-corrected chi connectivity index (χ0v) is 18.0. The maximum Gasteiger partial charge on any atom is 0.276 e. The Hall–Kier alpha value is -3.20. The molecule has 2 heterocycles. The number of nitrogens with zero attached hydrogens (tertiary/aromatic N) is 4. The molecule has 1 N–H and O–H groups in total. The fourth-order valence-electron chi connectivity index (χ4n) is 3.66. The van der Waals surface area contributed by atoms with Gasteiger partial charge in [-0.1, -0.05) is 68.3 Å². The molecule has 2 aromatic rings. The summed E-state index contributed by atoms with van der Waals surface area (Å²) < 4.78 is 0. The number of rotatable bonds is 7. The molecule has 0 spiro atoms. The molecule has 31 heavy (non-hydrogen) atoms. The third-order valence-electron chi connectivity index (χ3n) is 5.16. The molecule has 1 unspecified atom stereocenters. The Balaban J connectivity index is 1.77. The van der Waals surface area contributed by atoms with Crippen LogP contribution in [0.5, 0.6) is 0 Å². The first kappa shape index (κ1) is 21.0. The number of carbonyl (C=O) groups excluding carboxylic acids is 1. The van der Waals surface area contributed by atoms with Crippen LogP contribution in [0.2, 0.25) is 0 Å². The Morgan fingerprint density at radius 3 is 2.71 bits per heavy atom. The monoisotopic (exact) mass is 437 g/mol. The number of benzene rings is 2. The van der Waals surface area contributed by atoms with E-state index >= 15 is 0 Å². The summed E-state index contributed by atoms with van der Waals surface area (Å²) in [6.07, 6.45) is 3.71. The van der Waals surface area contributed by atoms with Gasteiger partial charge in [-0.3, -0.25) is 25.2 Å². The molecule has 2 aromatic carbocycles. The average molecular weight is 438 g/mol. The van der Waals surface area contributed by atoms with Crippen molar-refractivity contribution in [2.24, 2.45) is 10.1 Å². The lowest BCUT2D eigenvalue weighted by Crippen LogP contribution is -2.50. The zero-order chi connectivity index (χ0) is 21.8. The molecule has 0 aromatic heterocycles. The average Bonchev–Trinajstić information content (AvgIpc) is 2.78. The normalized spacial score (nSPS) is 17.3. The quantitative estimate of drug-likeness (QED) is 0.408. The fourth-order valence-corrected chi connectivity index (χ4v) is 4.52. The molecule has 2 aliphatic rings. The SMILES string of the molecule is CCCCCCSC1=NN2C(=c3ccccc3=NC2c2ccccc2[N+](=O)[O-])C(=O)N1. The molecular weight excluding hydrogens is 414 g/mol. The fraction of sp³-hybridized carbons (Fsp3) is 0.318. The predicted molar refractivity (Wildman–Crippen MR) is 120 cm³/mol. The van der Waals surface area contributed by atoms with Crippen LogP contribution in [0, 0.1) is 10.1 Å². The van der Waals surface area contributed by atoms with Crippen LogP contribution in [0.15, 0.2) is 58.6 Å². The second kappa shape index (κ2) is 9.30. The number of nitro groups is 1. The van der Waals surface area contributed by atoms with E-state index in [2.05, 4.69) is 17.3 Å². The number of hydrogen-bond acceptors (Lipinski definition) is 7. The summed E-state index contributed by atoms with van der Waals surface area (Å²) in [4.78, 5) is 29.0. The lowest BCUT2D eigenvalue weighted by Gasteiger charge is -2.33. The Morgan fingerprint density at radius 1 is 1.13 bits per heavy atom. The number of carbonyl (C=O) groups is 1. The van der Waals surface area contributed by atoms with Gasteiger partial charge in [-0.05, 0) is 18.6 Å². The predicted octanol–water partition coefficient (Wildman–Crippen LogP) is 3.05. The molecule has 8 nitrogen and oxygen atoms in total. The molecule has 0 saturated carbocycles. The van der Waals surface area contributed by atoms with Gasteiger partial charge in [-0.2, -0.15) is 0 Å². The van der Waals surface area contributed by atoms with Gasteiger partial charge in [0.2, 0.25) is 0 Å². The number of hydrogen-bond donors (Lipinski definition) is 1. The Labute approximate surface area is 183 Å². The molecule has 160 valence electrons. The van der Waals surface area contributed by atoms with Crippen LogP contribution in [-0.2, 0) is 4.79 Å². The van der Waals surface area contributed by atoms with Crippen molar-refractivity contribution in [3.05, 3.63) is 74.8 Å². The van der Waals surface area contributed by atoms with Crippen molar-refractivity contribution in [3.63, 3.8) is 0 Å². The van der Waals surface area contributed by atoms with Gasteiger partial charge in [-0.25, -0.2) is 5.01 Å². The first-order valence-electron chi connectivity index (χ1n) is 10.3. The number of hydrazone groups is 1. The van der Waals surface area contributed by atoms with Crippen molar-refractivity contribution < 1.29 is 9.72 Å². The van der Waals surface area contributed by atoms with E-state index in [-0.39, 0.29) is 11.6 Å². The van der Waals surface area contributed by atoms with Crippen LogP contribution in [0.3, 0.4) is 0 Å². The smallest absolute Gasteiger partial charge is 0.276 e. The van der Waals surface area contributed by atoms with Crippen LogP contribution in [-0.4, -0.2) is 26.8 Å². The molecule has 4 rings (SSSR count). The lowest BCUT2D eigenvalue weighted by molar-refractivity contribution is -0.385. The molecule has 0 fully saturated rings. The van der Waals surface area contributed by atoms with Gasteiger partial charge in [0, 0.05) is 17.0 Å².